The topological polar surface area (TPSA) is 50.8 Å². The molecule has 29 heavy (non-hydrogen) atoms. The van der Waals surface area contributed by atoms with Gasteiger partial charge >= 0.3 is 0 Å². The Kier molecular flexibility index (Phi) is 7.41. The first-order chi connectivity index (χ1) is 13.8. The van der Waals surface area contributed by atoms with E-state index < -0.39 is 6.10 Å². The smallest absolute Gasteiger partial charge is 0.265 e. The van der Waals surface area contributed by atoms with E-state index in [0.717, 1.165) is 30.9 Å². The molecule has 3 unspecified atom stereocenters. The monoisotopic (exact) mass is 436 g/mol. The van der Waals surface area contributed by atoms with E-state index in [-0.39, 0.29) is 18.1 Å². The second kappa shape index (κ2) is 9.81. The molecule has 3 atom stereocenters. The molecule has 1 aliphatic rings. The Morgan fingerprint density at radius 1 is 1.21 bits per heavy atom. The van der Waals surface area contributed by atoms with Crippen LogP contribution in [0.4, 0.5) is 5.69 Å². The summed E-state index contributed by atoms with van der Waals surface area (Å²) in [5.41, 5.74) is 1.83. The van der Waals surface area contributed by atoms with Crippen molar-refractivity contribution in [2.24, 2.45) is 0 Å². The largest absolute Gasteiger partial charge is 0.479 e. The molecule has 156 valence electrons. The van der Waals surface area contributed by atoms with E-state index in [4.69, 9.17) is 32.7 Å². The lowest BCUT2D eigenvalue weighted by atomic mass is 10.1. The fourth-order valence-electron chi connectivity index (χ4n) is 3.48. The molecule has 3 rings (SSSR count). The zero-order valence-corrected chi connectivity index (χ0v) is 18.3. The van der Waals surface area contributed by atoms with Gasteiger partial charge in [-0.3, -0.25) is 9.69 Å². The number of para-hydroxylation sites is 1. The van der Waals surface area contributed by atoms with Gasteiger partial charge in [0, 0.05) is 30.3 Å². The minimum Gasteiger partial charge on any atom is -0.479 e. The highest BCUT2D eigenvalue weighted by atomic mass is 35.5. The van der Waals surface area contributed by atoms with Crippen molar-refractivity contribution in [2.75, 3.05) is 18.4 Å². The molecule has 2 aromatic rings. The van der Waals surface area contributed by atoms with Crippen LogP contribution >= 0.6 is 23.2 Å². The van der Waals surface area contributed by atoms with Crippen molar-refractivity contribution in [3.8, 4) is 5.75 Å². The van der Waals surface area contributed by atoms with Crippen molar-refractivity contribution in [1.82, 2.24) is 4.90 Å². The third-order valence-electron chi connectivity index (χ3n) is 4.73. The normalized spacial score (nSPS) is 20.9. The number of rotatable bonds is 6. The highest BCUT2D eigenvalue weighted by Crippen LogP contribution is 2.28. The molecule has 0 aromatic heterocycles. The van der Waals surface area contributed by atoms with Gasteiger partial charge in [-0.1, -0.05) is 41.4 Å². The number of benzene rings is 2. The second-order valence-corrected chi connectivity index (χ2v) is 8.28. The lowest BCUT2D eigenvalue weighted by molar-refractivity contribution is -0.122. The Hall–Kier alpha value is -1.79. The summed E-state index contributed by atoms with van der Waals surface area (Å²) < 4.78 is 11.5. The standard InChI is InChI=1S/C22H26Cl2N2O3/c1-14-11-26(12-15(2)28-14)13-17-6-4-5-7-20(17)25-22(27)16(3)29-21-9-8-18(23)10-19(21)24/h4-10,14-16H,11-13H2,1-3H3,(H,25,27). The van der Waals surface area contributed by atoms with Crippen LogP contribution in [0, 0.1) is 0 Å². The zero-order chi connectivity index (χ0) is 21.0. The summed E-state index contributed by atoms with van der Waals surface area (Å²) in [5, 5.41) is 3.87. The lowest BCUT2D eigenvalue weighted by Crippen LogP contribution is -2.45. The van der Waals surface area contributed by atoms with E-state index >= 15 is 0 Å². The van der Waals surface area contributed by atoms with Crippen LogP contribution in [-0.2, 0) is 16.1 Å². The summed E-state index contributed by atoms with van der Waals surface area (Å²) in [7, 11) is 0. The van der Waals surface area contributed by atoms with Gasteiger partial charge in [-0.2, -0.15) is 0 Å². The van der Waals surface area contributed by atoms with Gasteiger partial charge in [-0.15, -0.1) is 0 Å². The maximum Gasteiger partial charge on any atom is 0.265 e. The highest BCUT2D eigenvalue weighted by Gasteiger charge is 2.23. The third-order valence-corrected chi connectivity index (χ3v) is 5.26. The summed E-state index contributed by atoms with van der Waals surface area (Å²) in [6, 6.07) is 12.7. The molecule has 1 saturated heterocycles. The van der Waals surface area contributed by atoms with Crippen molar-refractivity contribution in [2.45, 2.75) is 45.6 Å². The van der Waals surface area contributed by atoms with Gasteiger partial charge in [-0.05, 0) is 50.6 Å². The Labute approximate surface area is 181 Å². The average molecular weight is 437 g/mol. The van der Waals surface area contributed by atoms with Crippen LogP contribution in [0.1, 0.15) is 26.3 Å². The predicted molar refractivity (Wildman–Crippen MR) is 117 cm³/mol. The Balaban J connectivity index is 1.65. The molecule has 1 amide bonds. The summed E-state index contributed by atoms with van der Waals surface area (Å²) in [6.45, 7) is 8.32. The molecule has 7 heteroatoms. The van der Waals surface area contributed by atoms with Gasteiger partial charge in [0.15, 0.2) is 6.10 Å². The number of ether oxygens (including phenoxy) is 2. The van der Waals surface area contributed by atoms with Crippen molar-refractivity contribution >= 4 is 34.8 Å². The van der Waals surface area contributed by atoms with Crippen LogP contribution in [0.3, 0.4) is 0 Å². The summed E-state index contributed by atoms with van der Waals surface area (Å²) >= 11 is 12.0. The van der Waals surface area contributed by atoms with Gasteiger partial charge in [-0.25, -0.2) is 0 Å². The molecule has 0 aliphatic carbocycles. The molecule has 2 aromatic carbocycles. The summed E-state index contributed by atoms with van der Waals surface area (Å²) in [4.78, 5) is 15.0. The van der Waals surface area contributed by atoms with Gasteiger partial charge < -0.3 is 14.8 Å². The highest BCUT2D eigenvalue weighted by molar-refractivity contribution is 6.35. The summed E-state index contributed by atoms with van der Waals surface area (Å²) in [6.07, 6.45) is -0.332. The molecular weight excluding hydrogens is 411 g/mol. The number of anilines is 1. The van der Waals surface area contributed by atoms with Crippen molar-refractivity contribution < 1.29 is 14.3 Å². The zero-order valence-electron chi connectivity index (χ0n) is 16.8. The number of carbonyl (C=O) groups is 1. The van der Waals surface area contributed by atoms with Crippen LogP contribution in [0.5, 0.6) is 5.75 Å². The van der Waals surface area contributed by atoms with Crippen LogP contribution in [0.25, 0.3) is 0 Å². The number of nitrogens with zero attached hydrogens (tertiary/aromatic N) is 1. The van der Waals surface area contributed by atoms with E-state index in [0.29, 0.717) is 15.8 Å². The molecule has 1 heterocycles. The van der Waals surface area contributed by atoms with Crippen LogP contribution < -0.4 is 10.1 Å². The maximum absolute atomic E-state index is 12.7. The van der Waals surface area contributed by atoms with Gasteiger partial charge in [0.2, 0.25) is 0 Å². The molecule has 0 spiro atoms. The van der Waals surface area contributed by atoms with E-state index in [2.05, 4.69) is 24.1 Å². The number of hydrogen-bond donors (Lipinski definition) is 1. The van der Waals surface area contributed by atoms with Crippen molar-refractivity contribution in [3.05, 3.63) is 58.1 Å². The molecule has 1 aliphatic heterocycles. The van der Waals surface area contributed by atoms with Crippen LogP contribution in [-0.4, -0.2) is 42.2 Å². The number of nitrogens with one attached hydrogen (secondary N) is 1. The minimum absolute atomic E-state index is 0.193. The quantitative estimate of drug-likeness (QED) is 0.691. The number of carbonyl (C=O) groups excluding carboxylic acids is 1. The molecule has 1 N–H and O–H groups in total. The molecule has 5 nitrogen and oxygen atoms in total. The number of hydrogen-bond acceptors (Lipinski definition) is 4. The van der Waals surface area contributed by atoms with Gasteiger partial charge in [0.25, 0.3) is 5.91 Å². The van der Waals surface area contributed by atoms with Crippen LogP contribution in [0.15, 0.2) is 42.5 Å². The van der Waals surface area contributed by atoms with E-state index in [1.807, 2.05) is 24.3 Å². The first kappa shape index (κ1) is 21.9. The number of morpholine rings is 1. The fourth-order valence-corrected chi connectivity index (χ4v) is 3.94. The molecule has 0 radical (unpaired) electrons. The first-order valence-electron chi connectivity index (χ1n) is 9.70. The van der Waals surface area contributed by atoms with Crippen molar-refractivity contribution in [3.63, 3.8) is 0 Å². The Morgan fingerprint density at radius 2 is 1.90 bits per heavy atom. The number of halogens is 2. The lowest BCUT2D eigenvalue weighted by Gasteiger charge is -2.35. The maximum atomic E-state index is 12.7. The predicted octanol–water partition coefficient (Wildman–Crippen LogP) is 5.01. The van der Waals surface area contributed by atoms with Crippen molar-refractivity contribution in [1.29, 1.82) is 0 Å². The Morgan fingerprint density at radius 3 is 2.59 bits per heavy atom. The third kappa shape index (κ3) is 6.09. The molecule has 0 bridgehead atoms. The minimum atomic E-state index is -0.717. The fraction of sp³-hybridized carbons (Fsp3) is 0.409. The average Bonchev–Trinajstić information content (AvgIpc) is 2.64. The number of amides is 1. The first-order valence-corrected chi connectivity index (χ1v) is 10.5. The van der Waals surface area contributed by atoms with Gasteiger partial charge in [0.1, 0.15) is 5.75 Å². The van der Waals surface area contributed by atoms with E-state index in [9.17, 15) is 4.79 Å². The SMILES string of the molecule is CC1CN(Cc2ccccc2NC(=O)C(C)Oc2ccc(Cl)cc2Cl)CC(C)O1. The summed E-state index contributed by atoms with van der Waals surface area (Å²) in [5.74, 6) is 0.176. The molecular formula is C22H26Cl2N2O3. The van der Waals surface area contributed by atoms with Crippen LogP contribution in [0.2, 0.25) is 10.0 Å². The second-order valence-electron chi connectivity index (χ2n) is 7.43. The van der Waals surface area contributed by atoms with E-state index in [1.54, 1.807) is 25.1 Å². The molecule has 0 saturated carbocycles. The van der Waals surface area contributed by atoms with Gasteiger partial charge in [0.05, 0.1) is 17.2 Å². The Bertz CT molecular complexity index is 852. The van der Waals surface area contributed by atoms with E-state index in [1.165, 1.54) is 0 Å². The molecule has 1 fully saturated rings.